The molecule has 0 N–H and O–H groups in total. The Bertz CT molecular complexity index is 1110. The van der Waals surface area contributed by atoms with E-state index < -0.39 is 7.14 Å². The van der Waals surface area contributed by atoms with E-state index in [-0.39, 0.29) is 5.78 Å². The molecule has 0 aromatic heterocycles. The summed E-state index contributed by atoms with van der Waals surface area (Å²) in [5.74, 6) is -0.0467. The third-order valence-corrected chi connectivity index (χ3v) is 9.63. The lowest BCUT2D eigenvalue weighted by Crippen LogP contribution is -2.38. The maximum absolute atomic E-state index is 15.1. The minimum Gasteiger partial charge on any atom is -0.372 e. The molecular weight excluding hydrogens is 415 g/mol. The summed E-state index contributed by atoms with van der Waals surface area (Å²) < 4.78 is 15.1. The lowest BCUT2D eigenvalue weighted by molar-refractivity contribution is 0.104. The predicted molar refractivity (Wildman–Crippen MR) is 136 cm³/mol. The molecule has 4 rings (SSSR count). The number of benzene rings is 3. The molecule has 0 amide bonds. The number of hydrogen-bond donors (Lipinski definition) is 0. The smallest absolute Gasteiger partial charge is 0.194 e. The quantitative estimate of drug-likeness (QED) is 0.390. The summed E-state index contributed by atoms with van der Waals surface area (Å²) in [7, 11) is -3.23. The molecule has 1 heterocycles. The van der Waals surface area contributed by atoms with Crippen LogP contribution in [0.2, 0.25) is 0 Å². The molecule has 0 unspecified atom stereocenters. The standard InChI is InChI=1S/C27H31N2O2P/c1-5-28(6-2)20-14-16-23-25(18-20)32(31,22-12-10-9-11-13-22)26-19-21(29(7-3)8-4)15-17-24(26)27(23)30/h9-19H,5-8H2,1-4H3. The topological polar surface area (TPSA) is 40.6 Å². The van der Waals surface area contributed by atoms with Crippen molar-refractivity contribution in [2.75, 3.05) is 36.0 Å². The summed E-state index contributed by atoms with van der Waals surface area (Å²) in [6.45, 7) is 11.8. The zero-order valence-corrected chi connectivity index (χ0v) is 20.2. The molecule has 0 atom stereocenters. The van der Waals surface area contributed by atoms with Crippen LogP contribution in [0.25, 0.3) is 0 Å². The van der Waals surface area contributed by atoms with Gasteiger partial charge in [0.05, 0.1) is 0 Å². The first-order chi connectivity index (χ1) is 15.5. The molecule has 0 saturated heterocycles. The third kappa shape index (κ3) is 3.47. The van der Waals surface area contributed by atoms with Gasteiger partial charge < -0.3 is 14.4 Å². The minimum absolute atomic E-state index is 0.0467. The van der Waals surface area contributed by atoms with Gasteiger partial charge in [-0.15, -0.1) is 0 Å². The minimum atomic E-state index is -3.23. The van der Waals surface area contributed by atoms with Crippen molar-refractivity contribution >= 4 is 40.2 Å². The highest BCUT2D eigenvalue weighted by molar-refractivity contribution is 7.85. The van der Waals surface area contributed by atoms with Gasteiger partial charge in [0.2, 0.25) is 0 Å². The molecule has 0 aliphatic carbocycles. The fourth-order valence-electron chi connectivity index (χ4n) is 4.71. The SMILES string of the molecule is CCN(CC)c1ccc2c(c1)P(=O)(c1ccccc1)c1cc(N(CC)CC)ccc1C2=O. The van der Waals surface area contributed by atoms with Crippen LogP contribution in [0.4, 0.5) is 11.4 Å². The van der Waals surface area contributed by atoms with E-state index in [9.17, 15) is 4.79 Å². The first-order valence-corrected chi connectivity index (χ1v) is 13.2. The first-order valence-electron chi connectivity index (χ1n) is 11.5. The van der Waals surface area contributed by atoms with E-state index in [1.807, 2.05) is 66.7 Å². The molecule has 3 aromatic rings. The fourth-order valence-corrected chi connectivity index (χ4v) is 7.77. The van der Waals surface area contributed by atoms with E-state index in [0.29, 0.717) is 21.7 Å². The maximum Gasteiger partial charge on any atom is 0.194 e. The van der Waals surface area contributed by atoms with Crippen LogP contribution in [0.1, 0.15) is 43.6 Å². The Hall–Kier alpha value is -2.84. The highest BCUT2D eigenvalue weighted by Gasteiger charge is 2.41. The Morgan fingerprint density at radius 3 is 1.50 bits per heavy atom. The molecule has 5 heteroatoms. The van der Waals surface area contributed by atoms with Crippen molar-refractivity contribution in [2.45, 2.75) is 27.7 Å². The third-order valence-electron chi connectivity index (χ3n) is 6.51. The molecule has 1 aliphatic rings. The molecule has 32 heavy (non-hydrogen) atoms. The maximum atomic E-state index is 15.1. The summed E-state index contributed by atoms with van der Waals surface area (Å²) in [6, 6.07) is 21.3. The summed E-state index contributed by atoms with van der Waals surface area (Å²) in [4.78, 5) is 18.0. The number of fused-ring (bicyclic) bond motifs is 2. The van der Waals surface area contributed by atoms with Gasteiger partial charge in [0.1, 0.15) is 0 Å². The number of ketones is 1. The van der Waals surface area contributed by atoms with E-state index in [1.165, 1.54) is 0 Å². The fraction of sp³-hybridized carbons (Fsp3) is 0.296. The zero-order valence-electron chi connectivity index (χ0n) is 19.3. The van der Waals surface area contributed by atoms with Gasteiger partial charge in [-0.05, 0) is 64.1 Å². The molecule has 0 saturated carbocycles. The highest BCUT2D eigenvalue weighted by atomic mass is 31.2. The van der Waals surface area contributed by atoms with E-state index >= 15 is 4.57 Å². The van der Waals surface area contributed by atoms with Gasteiger partial charge in [0.15, 0.2) is 12.9 Å². The Labute approximate surface area is 191 Å². The molecule has 1 aliphatic heterocycles. The largest absolute Gasteiger partial charge is 0.372 e. The van der Waals surface area contributed by atoms with Crippen LogP contribution in [0, 0.1) is 0 Å². The molecule has 0 radical (unpaired) electrons. The van der Waals surface area contributed by atoms with Gasteiger partial charge >= 0.3 is 0 Å². The predicted octanol–water partition coefficient (Wildman–Crippen LogP) is 4.56. The van der Waals surface area contributed by atoms with Crippen LogP contribution in [0.3, 0.4) is 0 Å². The van der Waals surface area contributed by atoms with Crippen LogP contribution >= 0.6 is 7.14 Å². The summed E-state index contributed by atoms with van der Waals surface area (Å²) in [5.41, 5.74) is 3.11. The van der Waals surface area contributed by atoms with Gasteiger partial charge in [-0.2, -0.15) is 0 Å². The second-order valence-electron chi connectivity index (χ2n) is 8.02. The molecular formula is C27H31N2O2P. The molecule has 4 nitrogen and oxygen atoms in total. The lowest BCUT2D eigenvalue weighted by Gasteiger charge is -2.32. The van der Waals surface area contributed by atoms with Crippen molar-refractivity contribution in [3.05, 3.63) is 77.9 Å². The van der Waals surface area contributed by atoms with Gasteiger partial charge in [0, 0.05) is 64.6 Å². The van der Waals surface area contributed by atoms with Crippen LogP contribution in [0.5, 0.6) is 0 Å². The lowest BCUT2D eigenvalue weighted by atomic mass is 10.0. The Morgan fingerprint density at radius 1 is 0.656 bits per heavy atom. The van der Waals surface area contributed by atoms with Crippen molar-refractivity contribution in [3.8, 4) is 0 Å². The van der Waals surface area contributed by atoms with Gasteiger partial charge in [-0.25, -0.2) is 0 Å². The monoisotopic (exact) mass is 446 g/mol. The average Bonchev–Trinajstić information content (AvgIpc) is 2.84. The normalized spacial score (nSPS) is 13.9. The van der Waals surface area contributed by atoms with Gasteiger partial charge in [-0.3, -0.25) is 4.79 Å². The molecule has 3 aromatic carbocycles. The van der Waals surface area contributed by atoms with Crippen molar-refractivity contribution in [1.82, 2.24) is 0 Å². The van der Waals surface area contributed by atoms with Gasteiger partial charge in [-0.1, -0.05) is 30.3 Å². The second kappa shape index (κ2) is 8.96. The summed E-state index contributed by atoms with van der Waals surface area (Å²) in [5, 5.41) is 2.08. The number of nitrogens with zero attached hydrogens (tertiary/aromatic N) is 2. The number of rotatable bonds is 7. The van der Waals surface area contributed by atoms with E-state index in [4.69, 9.17) is 0 Å². The summed E-state index contributed by atoms with van der Waals surface area (Å²) in [6.07, 6.45) is 0. The van der Waals surface area contributed by atoms with Crippen LogP contribution < -0.4 is 25.7 Å². The Balaban J connectivity index is 2.03. The number of anilines is 2. The van der Waals surface area contributed by atoms with E-state index in [0.717, 1.165) is 42.9 Å². The molecule has 0 spiro atoms. The Morgan fingerprint density at radius 2 is 1.09 bits per heavy atom. The molecule has 166 valence electrons. The van der Waals surface area contributed by atoms with Crippen molar-refractivity contribution in [1.29, 1.82) is 0 Å². The van der Waals surface area contributed by atoms with E-state index in [1.54, 1.807) is 0 Å². The van der Waals surface area contributed by atoms with Crippen LogP contribution in [0.15, 0.2) is 66.7 Å². The number of carbonyl (C=O) groups excluding carboxylic acids is 1. The molecule has 0 bridgehead atoms. The molecule has 0 fully saturated rings. The number of carbonyl (C=O) groups is 1. The van der Waals surface area contributed by atoms with E-state index in [2.05, 4.69) is 37.5 Å². The van der Waals surface area contributed by atoms with Crippen molar-refractivity contribution in [3.63, 3.8) is 0 Å². The average molecular weight is 447 g/mol. The van der Waals surface area contributed by atoms with Crippen LogP contribution in [-0.4, -0.2) is 32.0 Å². The summed E-state index contributed by atoms with van der Waals surface area (Å²) >= 11 is 0. The number of hydrogen-bond acceptors (Lipinski definition) is 4. The second-order valence-corrected chi connectivity index (χ2v) is 10.7. The van der Waals surface area contributed by atoms with Crippen molar-refractivity contribution in [2.24, 2.45) is 0 Å². The van der Waals surface area contributed by atoms with Crippen LogP contribution in [-0.2, 0) is 4.57 Å². The van der Waals surface area contributed by atoms with Crippen molar-refractivity contribution < 1.29 is 9.36 Å². The Kier molecular flexibility index (Phi) is 6.26. The van der Waals surface area contributed by atoms with Gasteiger partial charge in [0.25, 0.3) is 0 Å². The first kappa shape index (κ1) is 22.4. The zero-order chi connectivity index (χ0) is 22.9. The highest BCUT2D eigenvalue weighted by Crippen LogP contribution is 2.48.